The van der Waals surface area contributed by atoms with Crippen molar-refractivity contribution in [2.45, 2.75) is 31.8 Å². The first-order valence-electron chi connectivity index (χ1n) is 11.0. The monoisotopic (exact) mass is 519 g/mol. The van der Waals surface area contributed by atoms with E-state index in [1.807, 2.05) is 0 Å². The first-order chi connectivity index (χ1) is 17.4. The molecule has 1 aromatic carbocycles. The highest BCUT2D eigenvalue weighted by Gasteiger charge is 2.28. The van der Waals surface area contributed by atoms with Crippen molar-refractivity contribution in [3.63, 3.8) is 0 Å². The van der Waals surface area contributed by atoms with Crippen molar-refractivity contribution in [1.29, 1.82) is 0 Å². The number of benzene rings is 1. The molecule has 3 aromatic rings. The molecule has 0 radical (unpaired) electrons. The first kappa shape index (κ1) is 25.2. The number of hydrogen-bond donors (Lipinski definition) is 2. The van der Waals surface area contributed by atoms with Gasteiger partial charge in [0, 0.05) is 11.8 Å². The van der Waals surface area contributed by atoms with Crippen LogP contribution in [0.5, 0.6) is 11.8 Å². The standard InChI is InChI=1S/C23H23ClFN5O6/c1-33-20-17(9-10-18(28-20)35-14-6-3-12(4-7-14)22(32)34-2)27-19(31)21-29-30-23(36-21)26-13-5-8-16(25)15(24)11-13/h5,8-12,14H,3-4,6-7H2,1-2H3,(H,26,30)(H,27,31). The molecule has 0 aliphatic heterocycles. The number of anilines is 3. The predicted octanol–water partition coefficient (Wildman–Crippen LogP) is 4.37. The molecular weight excluding hydrogens is 497 g/mol. The highest BCUT2D eigenvalue weighted by Crippen LogP contribution is 2.31. The van der Waals surface area contributed by atoms with Gasteiger partial charge in [0.15, 0.2) is 0 Å². The summed E-state index contributed by atoms with van der Waals surface area (Å²) < 4.78 is 34.7. The van der Waals surface area contributed by atoms with Gasteiger partial charge in [0.2, 0.25) is 11.8 Å². The minimum Gasteiger partial charge on any atom is -0.479 e. The zero-order valence-electron chi connectivity index (χ0n) is 19.4. The fourth-order valence-electron chi connectivity index (χ4n) is 3.73. The average molecular weight is 520 g/mol. The van der Waals surface area contributed by atoms with Crippen LogP contribution in [0.1, 0.15) is 36.4 Å². The molecule has 4 rings (SSSR count). The van der Waals surface area contributed by atoms with Crippen molar-refractivity contribution in [3.8, 4) is 11.8 Å². The van der Waals surface area contributed by atoms with Crippen LogP contribution in [0.15, 0.2) is 34.7 Å². The number of nitrogens with zero attached hydrogens (tertiary/aromatic N) is 3. The Kier molecular flexibility index (Phi) is 7.84. The Balaban J connectivity index is 1.36. The summed E-state index contributed by atoms with van der Waals surface area (Å²) in [7, 11) is 2.80. The summed E-state index contributed by atoms with van der Waals surface area (Å²) in [5.74, 6) is -1.44. The third kappa shape index (κ3) is 6.00. The second-order valence-electron chi connectivity index (χ2n) is 7.94. The Hall–Kier alpha value is -3.93. The zero-order chi connectivity index (χ0) is 25.7. The van der Waals surface area contributed by atoms with E-state index in [1.54, 1.807) is 12.1 Å². The van der Waals surface area contributed by atoms with Gasteiger partial charge in [-0.15, -0.1) is 5.10 Å². The highest BCUT2D eigenvalue weighted by atomic mass is 35.5. The highest BCUT2D eigenvalue weighted by molar-refractivity contribution is 6.31. The van der Waals surface area contributed by atoms with Gasteiger partial charge in [0.25, 0.3) is 0 Å². The van der Waals surface area contributed by atoms with E-state index in [2.05, 4.69) is 25.8 Å². The molecule has 0 saturated heterocycles. The molecule has 2 aromatic heterocycles. The average Bonchev–Trinajstić information content (AvgIpc) is 3.35. The van der Waals surface area contributed by atoms with Crippen LogP contribution in [-0.4, -0.2) is 47.4 Å². The number of aromatic nitrogens is 3. The van der Waals surface area contributed by atoms with E-state index in [-0.39, 0.29) is 46.5 Å². The summed E-state index contributed by atoms with van der Waals surface area (Å²) in [6.07, 6.45) is 2.65. The number of carbonyl (C=O) groups is 2. The number of pyridine rings is 1. The van der Waals surface area contributed by atoms with Gasteiger partial charge in [0.1, 0.15) is 17.6 Å². The van der Waals surface area contributed by atoms with Gasteiger partial charge in [-0.3, -0.25) is 9.59 Å². The number of carbonyl (C=O) groups excluding carboxylic acids is 2. The second-order valence-corrected chi connectivity index (χ2v) is 8.35. The van der Waals surface area contributed by atoms with Crippen molar-refractivity contribution < 1.29 is 32.6 Å². The van der Waals surface area contributed by atoms with Crippen LogP contribution in [0, 0.1) is 11.7 Å². The third-order valence-electron chi connectivity index (χ3n) is 5.56. The van der Waals surface area contributed by atoms with E-state index < -0.39 is 11.7 Å². The number of ether oxygens (including phenoxy) is 3. The zero-order valence-corrected chi connectivity index (χ0v) is 20.2. The van der Waals surface area contributed by atoms with E-state index in [1.165, 1.54) is 32.4 Å². The summed E-state index contributed by atoms with van der Waals surface area (Å²) in [5, 5.41) is 12.7. The van der Waals surface area contributed by atoms with E-state index >= 15 is 0 Å². The lowest BCUT2D eigenvalue weighted by atomic mass is 9.87. The fraction of sp³-hybridized carbons (Fsp3) is 0.348. The lowest BCUT2D eigenvalue weighted by molar-refractivity contribution is -0.147. The van der Waals surface area contributed by atoms with Crippen molar-refractivity contribution in [1.82, 2.24) is 15.2 Å². The number of hydrogen-bond acceptors (Lipinski definition) is 10. The molecule has 1 aliphatic rings. The molecule has 1 saturated carbocycles. The molecule has 2 heterocycles. The topological polar surface area (TPSA) is 138 Å². The van der Waals surface area contributed by atoms with Crippen LogP contribution in [-0.2, 0) is 9.53 Å². The molecule has 0 bridgehead atoms. The smallest absolute Gasteiger partial charge is 0.320 e. The quantitative estimate of drug-likeness (QED) is 0.412. The van der Waals surface area contributed by atoms with Gasteiger partial charge in [-0.25, -0.2) is 4.39 Å². The Morgan fingerprint density at radius 2 is 1.89 bits per heavy atom. The number of nitrogens with one attached hydrogen (secondary N) is 2. The molecule has 36 heavy (non-hydrogen) atoms. The van der Waals surface area contributed by atoms with Gasteiger partial charge in [-0.2, -0.15) is 4.98 Å². The minimum atomic E-state index is -0.692. The Morgan fingerprint density at radius 3 is 2.58 bits per heavy atom. The van der Waals surface area contributed by atoms with E-state index in [9.17, 15) is 14.0 Å². The van der Waals surface area contributed by atoms with Gasteiger partial charge in [-0.1, -0.05) is 16.7 Å². The molecule has 2 N–H and O–H groups in total. The van der Waals surface area contributed by atoms with Gasteiger partial charge < -0.3 is 29.3 Å². The first-order valence-corrected chi connectivity index (χ1v) is 11.4. The van der Waals surface area contributed by atoms with Crippen LogP contribution in [0.3, 0.4) is 0 Å². The van der Waals surface area contributed by atoms with Crippen molar-refractivity contribution in [3.05, 3.63) is 47.1 Å². The molecule has 0 atom stereocenters. The molecule has 1 aliphatic carbocycles. The largest absolute Gasteiger partial charge is 0.479 e. The van der Waals surface area contributed by atoms with Crippen LogP contribution >= 0.6 is 11.6 Å². The molecular formula is C23H23ClFN5O6. The predicted molar refractivity (Wildman–Crippen MR) is 126 cm³/mol. The normalized spacial score (nSPS) is 17.2. The molecule has 13 heteroatoms. The van der Waals surface area contributed by atoms with E-state index in [0.717, 1.165) is 0 Å². The Morgan fingerprint density at radius 1 is 1.11 bits per heavy atom. The maximum atomic E-state index is 13.3. The van der Waals surface area contributed by atoms with Gasteiger partial charge in [0.05, 0.1) is 25.2 Å². The summed E-state index contributed by atoms with van der Waals surface area (Å²) >= 11 is 5.75. The maximum Gasteiger partial charge on any atom is 0.320 e. The minimum absolute atomic E-state index is 0.0846. The summed E-state index contributed by atoms with van der Waals surface area (Å²) in [6, 6.07) is 7.04. The Bertz CT molecular complexity index is 1250. The molecule has 11 nitrogen and oxygen atoms in total. The second kappa shape index (κ2) is 11.2. The van der Waals surface area contributed by atoms with Crippen LogP contribution < -0.4 is 20.1 Å². The fourth-order valence-corrected chi connectivity index (χ4v) is 3.91. The van der Waals surface area contributed by atoms with Crippen molar-refractivity contribution >= 4 is 40.9 Å². The molecule has 0 unspecified atom stereocenters. The number of halogens is 2. The van der Waals surface area contributed by atoms with Gasteiger partial charge >= 0.3 is 23.8 Å². The summed E-state index contributed by atoms with van der Waals surface area (Å²) in [6.45, 7) is 0. The number of rotatable bonds is 8. The Labute approximate surface area is 210 Å². The van der Waals surface area contributed by atoms with Crippen molar-refractivity contribution in [2.75, 3.05) is 24.9 Å². The summed E-state index contributed by atoms with van der Waals surface area (Å²) in [5.41, 5.74) is 0.666. The lowest BCUT2D eigenvalue weighted by Gasteiger charge is -2.27. The number of esters is 1. The number of methoxy groups -OCH3 is 2. The van der Waals surface area contributed by atoms with E-state index in [4.69, 9.17) is 30.2 Å². The van der Waals surface area contributed by atoms with E-state index in [0.29, 0.717) is 37.3 Å². The van der Waals surface area contributed by atoms with Crippen molar-refractivity contribution in [2.24, 2.45) is 5.92 Å². The lowest BCUT2D eigenvalue weighted by Crippen LogP contribution is -2.28. The van der Waals surface area contributed by atoms with Crippen LogP contribution in [0.2, 0.25) is 5.02 Å². The third-order valence-corrected chi connectivity index (χ3v) is 5.85. The van der Waals surface area contributed by atoms with Crippen LogP contribution in [0.25, 0.3) is 0 Å². The molecule has 1 amide bonds. The maximum absolute atomic E-state index is 13.3. The molecule has 0 spiro atoms. The molecule has 190 valence electrons. The van der Waals surface area contributed by atoms with Crippen LogP contribution in [0.4, 0.5) is 21.8 Å². The summed E-state index contributed by atoms with van der Waals surface area (Å²) in [4.78, 5) is 28.6. The SMILES string of the molecule is COC(=O)C1CCC(Oc2ccc(NC(=O)c3nnc(Nc4ccc(F)c(Cl)c4)o3)c(OC)n2)CC1. The van der Waals surface area contributed by atoms with Gasteiger partial charge in [-0.05, 0) is 49.9 Å². The number of amides is 1. The molecule has 1 fully saturated rings.